The molecule has 0 spiro atoms. The average molecular weight is 458 g/mol. The van der Waals surface area contributed by atoms with E-state index in [-0.39, 0.29) is 18.5 Å². The topological polar surface area (TPSA) is 65.1 Å². The summed E-state index contributed by atoms with van der Waals surface area (Å²) < 4.78 is 15.5. The van der Waals surface area contributed by atoms with E-state index in [0.29, 0.717) is 19.6 Å². The summed E-state index contributed by atoms with van der Waals surface area (Å²) in [5, 5.41) is 0. The minimum absolute atomic E-state index is 0.169. The highest BCUT2D eigenvalue weighted by Crippen LogP contribution is 2.15. The fraction of sp³-hybridized carbons (Fsp3) is 0.923. The molecule has 1 atom stereocenters. The fourth-order valence-electron chi connectivity index (χ4n) is 3.69. The maximum Gasteiger partial charge on any atom is 0.410 e. The Labute approximate surface area is 197 Å². The number of likely N-dealkylation sites (N-methyl/N-ethyl adjacent to an activating group) is 1. The molecule has 0 saturated heterocycles. The van der Waals surface area contributed by atoms with Gasteiger partial charge in [-0.3, -0.25) is 4.90 Å². The number of rotatable bonds is 21. The van der Waals surface area contributed by atoms with Crippen LogP contribution in [0.15, 0.2) is 0 Å². The molecule has 0 aliphatic rings. The number of nitrogens with zero attached hydrogens (tertiary/aromatic N) is 1. The predicted octanol–water partition coefficient (Wildman–Crippen LogP) is 6.75. The van der Waals surface area contributed by atoms with E-state index in [0.717, 1.165) is 12.8 Å². The molecule has 0 aliphatic heterocycles. The van der Waals surface area contributed by atoms with Crippen molar-refractivity contribution in [3.05, 3.63) is 0 Å². The number of amides is 1. The van der Waals surface area contributed by atoms with E-state index < -0.39 is 12.1 Å². The largest absolute Gasteiger partial charge is 0.464 e. The monoisotopic (exact) mass is 457 g/mol. The van der Waals surface area contributed by atoms with E-state index in [9.17, 15) is 9.59 Å². The molecule has 0 rings (SSSR count). The van der Waals surface area contributed by atoms with Gasteiger partial charge in [-0.25, -0.2) is 9.59 Å². The molecular formula is C26H51NO5. The van der Waals surface area contributed by atoms with Gasteiger partial charge in [-0.2, -0.15) is 0 Å². The Morgan fingerprint density at radius 1 is 0.719 bits per heavy atom. The van der Waals surface area contributed by atoms with E-state index in [1.54, 1.807) is 14.2 Å². The van der Waals surface area contributed by atoms with Gasteiger partial charge >= 0.3 is 12.1 Å². The summed E-state index contributed by atoms with van der Waals surface area (Å²) in [6, 6.07) is -0.619. The number of esters is 1. The fourth-order valence-corrected chi connectivity index (χ4v) is 3.69. The van der Waals surface area contributed by atoms with Crippen LogP contribution in [0.5, 0.6) is 0 Å². The molecule has 190 valence electrons. The molecule has 0 radical (unpaired) electrons. The number of carbonyl (C=O) groups is 2. The molecule has 1 amide bonds. The van der Waals surface area contributed by atoms with Crippen LogP contribution < -0.4 is 0 Å². The van der Waals surface area contributed by atoms with Crippen LogP contribution in [-0.2, 0) is 19.0 Å². The first-order chi connectivity index (χ1) is 15.4. The molecule has 1 unspecified atom stereocenters. The van der Waals surface area contributed by atoms with E-state index in [1.165, 1.54) is 75.5 Å². The van der Waals surface area contributed by atoms with Crippen molar-refractivity contribution < 1.29 is 23.8 Å². The van der Waals surface area contributed by atoms with Gasteiger partial charge in [0.1, 0.15) is 12.6 Å². The zero-order valence-electron chi connectivity index (χ0n) is 21.7. The molecule has 0 fully saturated rings. The van der Waals surface area contributed by atoms with E-state index in [1.807, 2.05) is 13.8 Å². The second-order valence-corrected chi connectivity index (χ2v) is 9.27. The van der Waals surface area contributed by atoms with Gasteiger partial charge in [0, 0.05) is 14.2 Å². The number of ether oxygens (including phenoxy) is 3. The van der Waals surface area contributed by atoms with E-state index in [2.05, 4.69) is 6.92 Å². The number of unbranched alkanes of at least 4 members (excludes halogenated alkanes) is 12. The lowest BCUT2D eigenvalue weighted by Crippen LogP contribution is -2.44. The molecule has 0 heterocycles. The highest BCUT2D eigenvalue weighted by molar-refractivity contribution is 5.81. The van der Waals surface area contributed by atoms with Gasteiger partial charge in [-0.05, 0) is 18.8 Å². The maximum absolute atomic E-state index is 12.6. The Morgan fingerprint density at radius 2 is 1.22 bits per heavy atom. The Morgan fingerprint density at radius 3 is 1.69 bits per heavy atom. The zero-order valence-corrected chi connectivity index (χ0v) is 21.7. The molecule has 0 aromatic carbocycles. The standard InChI is InChI=1S/C26H51NO5/c1-6-7-8-9-10-11-12-13-14-15-16-17-18-19-31-25(28)24(22-23(2)3)27(4)26(29)32-21-20-30-5/h23-24H,6-22H2,1-5H3. The van der Waals surface area contributed by atoms with Crippen molar-refractivity contribution in [2.75, 3.05) is 34.0 Å². The van der Waals surface area contributed by atoms with Gasteiger partial charge in [0.05, 0.1) is 13.2 Å². The molecule has 6 heteroatoms. The molecule has 0 N–H and O–H groups in total. The molecule has 6 nitrogen and oxygen atoms in total. The summed E-state index contributed by atoms with van der Waals surface area (Å²) in [6.45, 7) is 7.22. The second kappa shape index (κ2) is 21.5. The maximum atomic E-state index is 12.6. The summed E-state index contributed by atoms with van der Waals surface area (Å²) in [5.41, 5.74) is 0. The Hall–Kier alpha value is -1.30. The third-order valence-corrected chi connectivity index (χ3v) is 5.73. The molecular weight excluding hydrogens is 406 g/mol. The first-order valence-electron chi connectivity index (χ1n) is 13.0. The van der Waals surface area contributed by atoms with Crippen molar-refractivity contribution >= 4 is 12.1 Å². The molecule has 32 heavy (non-hydrogen) atoms. The van der Waals surface area contributed by atoms with Crippen molar-refractivity contribution in [3.8, 4) is 0 Å². The Kier molecular flexibility index (Phi) is 20.7. The van der Waals surface area contributed by atoms with Gasteiger partial charge in [0.2, 0.25) is 0 Å². The van der Waals surface area contributed by atoms with Crippen LogP contribution in [-0.4, -0.2) is 57.0 Å². The van der Waals surface area contributed by atoms with Gasteiger partial charge in [-0.15, -0.1) is 0 Å². The molecule has 0 aliphatic carbocycles. The van der Waals surface area contributed by atoms with Crippen LogP contribution in [0.3, 0.4) is 0 Å². The number of hydrogen-bond donors (Lipinski definition) is 0. The Balaban J connectivity index is 3.91. The minimum Gasteiger partial charge on any atom is -0.464 e. The number of hydrogen-bond acceptors (Lipinski definition) is 5. The normalized spacial score (nSPS) is 12.1. The van der Waals surface area contributed by atoms with Crippen molar-refractivity contribution in [1.82, 2.24) is 4.90 Å². The lowest BCUT2D eigenvalue weighted by atomic mass is 10.0. The lowest BCUT2D eigenvalue weighted by Gasteiger charge is -2.27. The van der Waals surface area contributed by atoms with Crippen molar-refractivity contribution in [2.45, 2.75) is 117 Å². The predicted molar refractivity (Wildman–Crippen MR) is 131 cm³/mol. The summed E-state index contributed by atoms with van der Waals surface area (Å²) in [6.07, 6.45) is 16.7. The van der Waals surface area contributed by atoms with Crippen LogP contribution in [0.25, 0.3) is 0 Å². The molecule has 0 saturated carbocycles. The van der Waals surface area contributed by atoms with Gasteiger partial charge < -0.3 is 14.2 Å². The average Bonchev–Trinajstić information content (AvgIpc) is 2.77. The number of methoxy groups -OCH3 is 1. The quantitative estimate of drug-likeness (QED) is 0.141. The van der Waals surface area contributed by atoms with Crippen molar-refractivity contribution in [3.63, 3.8) is 0 Å². The van der Waals surface area contributed by atoms with Crippen LogP contribution in [0.1, 0.15) is 111 Å². The third kappa shape index (κ3) is 17.3. The first-order valence-corrected chi connectivity index (χ1v) is 13.0. The van der Waals surface area contributed by atoms with Crippen LogP contribution in [0.2, 0.25) is 0 Å². The van der Waals surface area contributed by atoms with E-state index >= 15 is 0 Å². The summed E-state index contributed by atoms with van der Waals surface area (Å²) >= 11 is 0. The summed E-state index contributed by atoms with van der Waals surface area (Å²) in [5.74, 6) is -0.0815. The third-order valence-electron chi connectivity index (χ3n) is 5.73. The number of carbonyl (C=O) groups excluding carboxylic acids is 2. The second-order valence-electron chi connectivity index (χ2n) is 9.27. The van der Waals surface area contributed by atoms with Gasteiger partial charge in [0.15, 0.2) is 0 Å². The Bertz CT molecular complexity index is 455. The highest BCUT2D eigenvalue weighted by Gasteiger charge is 2.29. The molecule has 0 aromatic rings. The smallest absolute Gasteiger partial charge is 0.410 e. The first kappa shape index (κ1) is 30.7. The van der Waals surface area contributed by atoms with Crippen molar-refractivity contribution in [2.24, 2.45) is 5.92 Å². The summed E-state index contributed by atoms with van der Waals surface area (Å²) in [7, 11) is 3.14. The zero-order chi connectivity index (χ0) is 24.0. The molecule has 0 bridgehead atoms. The van der Waals surface area contributed by atoms with Crippen LogP contribution >= 0.6 is 0 Å². The van der Waals surface area contributed by atoms with E-state index in [4.69, 9.17) is 14.2 Å². The lowest BCUT2D eigenvalue weighted by molar-refractivity contribution is -0.149. The summed E-state index contributed by atoms with van der Waals surface area (Å²) in [4.78, 5) is 26.1. The van der Waals surface area contributed by atoms with Gasteiger partial charge in [0.25, 0.3) is 0 Å². The molecule has 0 aromatic heterocycles. The van der Waals surface area contributed by atoms with Crippen LogP contribution in [0.4, 0.5) is 4.79 Å². The SMILES string of the molecule is CCCCCCCCCCCCCCCOC(=O)C(CC(C)C)N(C)C(=O)OCCOC. The highest BCUT2D eigenvalue weighted by atomic mass is 16.6. The van der Waals surface area contributed by atoms with Gasteiger partial charge in [-0.1, -0.05) is 97.8 Å². The van der Waals surface area contributed by atoms with Crippen molar-refractivity contribution in [1.29, 1.82) is 0 Å². The van der Waals surface area contributed by atoms with Crippen LogP contribution in [0, 0.1) is 5.92 Å². The minimum atomic E-state index is -0.619.